The molecule has 0 aromatic rings. The Bertz CT molecular complexity index is 366. The molecule has 2 aliphatic rings. The Balaban J connectivity index is 2.03. The van der Waals surface area contributed by atoms with E-state index in [-0.39, 0.29) is 12.5 Å². The van der Waals surface area contributed by atoms with E-state index in [9.17, 15) is 23.4 Å². The average molecular weight is 300 g/mol. The first-order valence-electron chi connectivity index (χ1n) is 5.89. The van der Waals surface area contributed by atoms with Crippen molar-refractivity contribution in [1.29, 1.82) is 0 Å². The molecule has 0 radical (unpaired) electrons. The number of nitrogens with zero attached hydrogens (tertiary/aromatic N) is 1. The first-order valence-corrected chi connectivity index (χ1v) is 6.77. The van der Waals surface area contributed by atoms with Gasteiger partial charge < -0.3 is 20.3 Å². The van der Waals surface area contributed by atoms with Gasteiger partial charge in [0, 0.05) is 13.0 Å². The van der Waals surface area contributed by atoms with Crippen LogP contribution in [0.5, 0.6) is 0 Å². The Labute approximate surface area is 112 Å². The van der Waals surface area contributed by atoms with Crippen molar-refractivity contribution in [1.82, 2.24) is 5.32 Å². The molecule has 0 amide bonds. The average Bonchev–Trinajstić information content (AvgIpc) is 2.67. The van der Waals surface area contributed by atoms with Crippen molar-refractivity contribution in [3.05, 3.63) is 0 Å². The van der Waals surface area contributed by atoms with Crippen molar-refractivity contribution in [3.63, 3.8) is 0 Å². The highest BCUT2D eigenvalue weighted by Gasteiger charge is 2.52. The Kier molecular flexibility index (Phi) is 4.29. The lowest BCUT2D eigenvalue weighted by Gasteiger charge is -2.37. The summed E-state index contributed by atoms with van der Waals surface area (Å²) in [6.07, 6.45) is -10.5. The van der Waals surface area contributed by atoms with Gasteiger partial charge in [0.25, 0.3) is 0 Å². The molecule has 110 valence electrons. The second-order valence-corrected chi connectivity index (χ2v) is 5.50. The van der Waals surface area contributed by atoms with E-state index in [2.05, 4.69) is 10.3 Å². The van der Waals surface area contributed by atoms with Gasteiger partial charge in [0.2, 0.25) is 0 Å². The van der Waals surface area contributed by atoms with Crippen molar-refractivity contribution >= 4 is 16.9 Å². The number of aliphatic hydroxyl groups is 2. The zero-order valence-electron chi connectivity index (χ0n) is 10.1. The molecule has 9 heteroatoms. The molecular formula is C10H15F3N2O3S. The van der Waals surface area contributed by atoms with Crippen LogP contribution in [-0.4, -0.2) is 57.9 Å². The van der Waals surface area contributed by atoms with Gasteiger partial charge in [-0.15, -0.1) is 0 Å². The van der Waals surface area contributed by atoms with E-state index in [1.807, 2.05) is 6.92 Å². The fraction of sp³-hybridized carbons (Fsp3) is 0.900. The highest BCUT2D eigenvalue weighted by molar-refractivity contribution is 8.14. The van der Waals surface area contributed by atoms with Gasteiger partial charge in [-0.3, -0.25) is 4.99 Å². The highest BCUT2D eigenvalue weighted by Crippen LogP contribution is 2.38. The fourth-order valence-corrected chi connectivity index (χ4v) is 3.21. The van der Waals surface area contributed by atoms with Crippen molar-refractivity contribution in [2.75, 3.05) is 6.54 Å². The zero-order chi connectivity index (χ0) is 14.2. The second kappa shape index (κ2) is 5.47. The molecule has 2 aliphatic heterocycles. The lowest BCUT2D eigenvalue weighted by molar-refractivity contribution is -0.260. The first kappa shape index (κ1) is 14.9. The molecule has 5 atom stereocenters. The zero-order valence-corrected chi connectivity index (χ0v) is 10.9. The summed E-state index contributed by atoms with van der Waals surface area (Å²) in [5.74, 6) is 0. The number of aliphatic hydroxyl groups excluding tert-OH is 2. The molecular weight excluding hydrogens is 285 g/mol. The topological polar surface area (TPSA) is 74.1 Å². The molecule has 2 unspecified atom stereocenters. The minimum atomic E-state index is -4.81. The Hall–Kier alpha value is -0.510. The third-order valence-corrected chi connectivity index (χ3v) is 4.08. The summed E-state index contributed by atoms with van der Waals surface area (Å²) in [4.78, 5) is 4.23. The molecule has 2 rings (SSSR count). The quantitative estimate of drug-likeness (QED) is 0.691. The maximum absolute atomic E-state index is 12.5. The minimum absolute atomic E-state index is 0.0460. The van der Waals surface area contributed by atoms with Crippen LogP contribution < -0.4 is 5.32 Å². The van der Waals surface area contributed by atoms with Crippen molar-refractivity contribution in [2.45, 2.75) is 49.3 Å². The number of rotatable bonds is 2. The predicted octanol–water partition coefficient (Wildman–Crippen LogP) is 0.466. The van der Waals surface area contributed by atoms with E-state index >= 15 is 0 Å². The third kappa shape index (κ3) is 3.15. The van der Waals surface area contributed by atoms with Gasteiger partial charge in [0.05, 0.1) is 12.1 Å². The van der Waals surface area contributed by atoms with E-state index in [0.29, 0.717) is 11.7 Å². The summed E-state index contributed by atoms with van der Waals surface area (Å²) in [5.41, 5.74) is -0.598. The molecule has 0 spiro atoms. The van der Waals surface area contributed by atoms with Gasteiger partial charge in [-0.2, -0.15) is 13.2 Å². The van der Waals surface area contributed by atoms with Crippen LogP contribution in [0.4, 0.5) is 13.2 Å². The highest BCUT2D eigenvalue weighted by atomic mass is 32.2. The molecule has 0 aliphatic carbocycles. The van der Waals surface area contributed by atoms with Gasteiger partial charge >= 0.3 is 6.18 Å². The van der Waals surface area contributed by atoms with Gasteiger partial charge in [-0.1, -0.05) is 11.8 Å². The Morgan fingerprint density at radius 1 is 1.58 bits per heavy atom. The molecule has 3 N–H and O–H groups in total. The maximum Gasteiger partial charge on any atom is 0.417 e. The van der Waals surface area contributed by atoms with E-state index in [4.69, 9.17) is 4.74 Å². The number of nitrogens with one attached hydrogen (secondary N) is 1. The molecule has 19 heavy (non-hydrogen) atoms. The Morgan fingerprint density at radius 2 is 2.26 bits per heavy atom. The Morgan fingerprint density at radius 3 is 2.84 bits per heavy atom. The maximum atomic E-state index is 12.5. The SMILES string of the molecule is CCNC1=N[C@@H]2C[C@H](O)C(C(O)C(F)(F)F)O[C@@H]2S1. The van der Waals surface area contributed by atoms with Crippen LogP contribution in [0.3, 0.4) is 0 Å². The number of alkyl halides is 3. The fourth-order valence-electron chi connectivity index (χ4n) is 2.05. The molecule has 0 aromatic carbocycles. The molecule has 1 fully saturated rings. The van der Waals surface area contributed by atoms with E-state index < -0.39 is 29.9 Å². The van der Waals surface area contributed by atoms with Gasteiger partial charge in [-0.05, 0) is 6.92 Å². The molecule has 0 bridgehead atoms. The van der Waals surface area contributed by atoms with Crippen LogP contribution in [0.2, 0.25) is 0 Å². The predicted molar refractivity (Wildman–Crippen MR) is 63.8 cm³/mol. The number of hydrogen-bond donors (Lipinski definition) is 3. The van der Waals surface area contributed by atoms with E-state index in [1.54, 1.807) is 0 Å². The normalized spacial score (nSPS) is 36.6. The summed E-state index contributed by atoms with van der Waals surface area (Å²) >= 11 is 1.18. The monoisotopic (exact) mass is 300 g/mol. The smallest absolute Gasteiger partial charge is 0.390 e. The van der Waals surface area contributed by atoms with Crippen LogP contribution in [0.25, 0.3) is 0 Å². The van der Waals surface area contributed by atoms with Gasteiger partial charge in [0.15, 0.2) is 11.3 Å². The summed E-state index contributed by atoms with van der Waals surface area (Å²) in [5, 5.41) is 22.4. The summed E-state index contributed by atoms with van der Waals surface area (Å²) in [7, 11) is 0. The van der Waals surface area contributed by atoms with Crippen LogP contribution in [-0.2, 0) is 4.74 Å². The minimum Gasteiger partial charge on any atom is -0.390 e. The summed E-state index contributed by atoms with van der Waals surface area (Å²) in [6.45, 7) is 2.51. The molecule has 5 nitrogen and oxygen atoms in total. The second-order valence-electron chi connectivity index (χ2n) is 4.41. The first-order chi connectivity index (χ1) is 8.82. The molecule has 0 saturated carbocycles. The third-order valence-electron chi connectivity index (χ3n) is 2.95. The summed E-state index contributed by atoms with van der Waals surface area (Å²) < 4.78 is 42.6. The summed E-state index contributed by atoms with van der Waals surface area (Å²) in [6, 6.07) is -0.384. The largest absolute Gasteiger partial charge is 0.417 e. The standard InChI is InChI=1S/C10H15F3N2O3S/c1-2-14-9-15-4-3-5(16)6(18-8(4)19-9)7(17)10(11,12)13/h4-8,16-17H,2-3H2,1H3,(H,14,15)/t4-,5+,6?,7?,8-/m1/s1. The van der Waals surface area contributed by atoms with Crippen LogP contribution in [0.15, 0.2) is 4.99 Å². The van der Waals surface area contributed by atoms with E-state index in [1.165, 1.54) is 11.8 Å². The lowest BCUT2D eigenvalue weighted by atomic mass is 9.97. The molecule has 1 saturated heterocycles. The number of ether oxygens (including phenoxy) is 1. The van der Waals surface area contributed by atoms with Crippen LogP contribution >= 0.6 is 11.8 Å². The number of fused-ring (bicyclic) bond motifs is 1. The van der Waals surface area contributed by atoms with Crippen molar-refractivity contribution in [3.8, 4) is 0 Å². The van der Waals surface area contributed by atoms with Gasteiger partial charge in [-0.25, -0.2) is 0 Å². The van der Waals surface area contributed by atoms with Crippen LogP contribution in [0.1, 0.15) is 13.3 Å². The number of aliphatic imine (C=N–C) groups is 1. The van der Waals surface area contributed by atoms with Crippen molar-refractivity contribution in [2.24, 2.45) is 4.99 Å². The molecule has 2 heterocycles. The van der Waals surface area contributed by atoms with Gasteiger partial charge in [0.1, 0.15) is 11.5 Å². The lowest BCUT2D eigenvalue weighted by Crippen LogP contribution is -2.54. The number of amidine groups is 1. The van der Waals surface area contributed by atoms with Crippen molar-refractivity contribution < 1.29 is 28.1 Å². The number of thioether (sulfide) groups is 1. The number of halogens is 3. The van der Waals surface area contributed by atoms with E-state index in [0.717, 1.165) is 0 Å². The number of hydrogen-bond acceptors (Lipinski definition) is 6. The molecule has 0 aromatic heterocycles. The van der Waals surface area contributed by atoms with Crippen LogP contribution in [0, 0.1) is 0 Å².